The average molecular weight is 357 g/mol. The molecule has 1 aromatic heterocycles. The predicted octanol–water partition coefficient (Wildman–Crippen LogP) is 2.41. The van der Waals surface area contributed by atoms with Crippen molar-refractivity contribution >= 4 is 40.5 Å². The number of anilines is 1. The maximum atomic E-state index is 12.0. The predicted molar refractivity (Wildman–Crippen MR) is 85.0 cm³/mol. The maximum Gasteiger partial charge on any atom is 0.287 e. The van der Waals surface area contributed by atoms with Crippen molar-refractivity contribution in [3.05, 3.63) is 60.5 Å². The van der Waals surface area contributed by atoms with Gasteiger partial charge in [0.1, 0.15) is 11.6 Å². The number of rotatable bonds is 4. The fourth-order valence-electron chi connectivity index (χ4n) is 1.79. The SMILES string of the molecule is Cc1cc([N+](=O)[O-])ccc1NC(=O)Cn1ncc(Cl)c(Cl)c1=O. The van der Waals surface area contributed by atoms with Crippen LogP contribution in [0, 0.1) is 17.0 Å². The summed E-state index contributed by atoms with van der Waals surface area (Å²) in [7, 11) is 0. The zero-order valence-corrected chi connectivity index (χ0v) is 13.3. The van der Waals surface area contributed by atoms with Crippen molar-refractivity contribution in [3.8, 4) is 0 Å². The average Bonchev–Trinajstić information content (AvgIpc) is 2.49. The Hall–Kier alpha value is -2.45. The monoisotopic (exact) mass is 356 g/mol. The van der Waals surface area contributed by atoms with Crippen LogP contribution in [0.15, 0.2) is 29.2 Å². The van der Waals surface area contributed by atoms with Crippen LogP contribution in [0.3, 0.4) is 0 Å². The van der Waals surface area contributed by atoms with Gasteiger partial charge in [-0.15, -0.1) is 0 Å². The van der Waals surface area contributed by atoms with Crippen molar-refractivity contribution in [1.29, 1.82) is 0 Å². The van der Waals surface area contributed by atoms with E-state index in [1.807, 2.05) is 0 Å². The number of nitrogens with one attached hydrogen (secondary N) is 1. The van der Waals surface area contributed by atoms with Crippen LogP contribution in [0.5, 0.6) is 0 Å². The number of aryl methyl sites for hydroxylation is 1. The number of benzene rings is 1. The van der Waals surface area contributed by atoms with E-state index in [4.69, 9.17) is 23.2 Å². The molecule has 0 spiro atoms. The summed E-state index contributed by atoms with van der Waals surface area (Å²) in [4.78, 5) is 33.9. The molecule has 120 valence electrons. The zero-order chi connectivity index (χ0) is 17.1. The number of amides is 1. The van der Waals surface area contributed by atoms with Crippen LogP contribution in [0.2, 0.25) is 10.0 Å². The van der Waals surface area contributed by atoms with Gasteiger partial charge >= 0.3 is 0 Å². The third-order valence-electron chi connectivity index (χ3n) is 2.93. The summed E-state index contributed by atoms with van der Waals surface area (Å²) in [5.74, 6) is -0.532. The van der Waals surface area contributed by atoms with E-state index in [2.05, 4.69) is 10.4 Å². The van der Waals surface area contributed by atoms with Gasteiger partial charge in [0.25, 0.3) is 11.2 Å². The topological polar surface area (TPSA) is 107 Å². The number of aromatic nitrogens is 2. The van der Waals surface area contributed by atoms with Gasteiger partial charge in [-0.3, -0.25) is 19.7 Å². The van der Waals surface area contributed by atoms with E-state index in [1.54, 1.807) is 6.92 Å². The third-order valence-corrected chi connectivity index (χ3v) is 3.68. The van der Waals surface area contributed by atoms with Crippen LogP contribution in [0.1, 0.15) is 5.56 Å². The van der Waals surface area contributed by atoms with Crippen LogP contribution >= 0.6 is 23.2 Å². The summed E-state index contributed by atoms with van der Waals surface area (Å²) < 4.78 is 0.865. The van der Waals surface area contributed by atoms with Crippen molar-refractivity contribution in [3.63, 3.8) is 0 Å². The molecule has 0 aliphatic carbocycles. The van der Waals surface area contributed by atoms with Crippen molar-refractivity contribution in [2.45, 2.75) is 13.5 Å². The molecule has 1 N–H and O–H groups in total. The molecule has 10 heteroatoms. The summed E-state index contributed by atoms with van der Waals surface area (Å²) in [6.07, 6.45) is 1.16. The lowest BCUT2D eigenvalue weighted by Gasteiger charge is -2.09. The van der Waals surface area contributed by atoms with E-state index in [0.717, 1.165) is 10.9 Å². The van der Waals surface area contributed by atoms with Crippen molar-refractivity contribution < 1.29 is 9.72 Å². The largest absolute Gasteiger partial charge is 0.324 e. The molecule has 1 heterocycles. The lowest BCUT2D eigenvalue weighted by atomic mass is 10.2. The molecule has 1 aromatic carbocycles. The molecule has 0 saturated heterocycles. The van der Waals surface area contributed by atoms with Crippen LogP contribution in [-0.4, -0.2) is 20.6 Å². The molecule has 2 aromatic rings. The summed E-state index contributed by atoms with van der Waals surface area (Å²) in [5, 5.41) is 16.7. The number of carbonyl (C=O) groups excluding carboxylic acids is 1. The van der Waals surface area contributed by atoms with Crippen LogP contribution < -0.4 is 10.9 Å². The second-order valence-electron chi connectivity index (χ2n) is 4.57. The van der Waals surface area contributed by atoms with Crippen molar-refractivity contribution in [1.82, 2.24) is 9.78 Å². The van der Waals surface area contributed by atoms with Crippen LogP contribution in [0.4, 0.5) is 11.4 Å². The van der Waals surface area contributed by atoms with Gasteiger partial charge in [-0.1, -0.05) is 23.2 Å². The van der Waals surface area contributed by atoms with Gasteiger partial charge in [0, 0.05) is 17.8 Å². The first-order valence-electron chi connectivity index (χ1n) is 6.25. The number of halogens is 2. The molecule has 0 atom stereocenters. The highest BCUT2D eigenvalue weighted by molar-refractivity contribution is 6.41. The van der Waals surface area contributed by atoms with Gasteiger partial charge in [0.2, 0.25) is 5.91 Å². The minimum atomic E-state index is -0.685. The van der Waals surface area contributed by atoms with Crippen LogP contribution in [0.25, 0.3) is 0 Å². The number of non-ortho nitro benzene ring substituents is 1. The fraction of sp³-hybridized carbons (Fsp3) is 0.154. The second kappa shape index (κ2) is 6.76. The highest BCUT2D eigenvalue weighted by Crippen LogP contribution is 2.21. The molecule has 1 amide bonds. The smallest absolute Gasteiger partial charge is 0.287 e. The highest BCUT2D eigenvalue weighted by atomic mass is 35.5. The Labute approximate surface area is 139 Å². The van der Waals surface area contributed by atoms with E-state index in [-0.39, 0.29) is 22.3 Å². The number of hydrogen-bond acceptors (Lipinski definition) is 5. The number of nitro groups is 1. The van der Waals surface area contributed by atoms with Crippen LogP contribution in [-0.2, 0) is 11.3 Å². The minimum absolute atomic E-state index is 0.000428. The van der Waals surface area contributed by atoms with Gasteiger partial charge in [-0.25, -0.2) is 4.68 Å². The Balaban J connectivity index is 2.16. The third kappa shape index (κ3) is 3.85. The molecule has 0 bridgehead atoms. The Bertz CT molecular complexity index is 850. The zero-order valence-electron chi connectivity index (χ0n) is 11.7. The first kappa shape index (κ1) is 16.9. The molecule has 0 unspecified atom stereocenters. The van der Waals surface area contributed by atoms with E-state index < -0.39 is 16.4 Å². The molecule has 0 radical (unpaired) electrons. The van der Waals surface area contributed by atoms with Crippen molar-refractivity contribution in [2.75, 3.05) is 5.32 Å². The van der Waals surface area contributed by atoms with E-state index in [1.165, 1.54) is 18.2 Å². The second-order valence-corrected chi connectivity index (χ2v) is 5.36. The summed E-state index contributed by atoms with van der Waals surface area (Å²) in [6.45, 7) is 1.25. The molecule has 0 aliphatic rings. The van der Waals surface area contributed by atoms with Gasteiger partial charge in [-0.2, -0.15) is 5.10 Å². The normalized spacial score (nSPS) is 10.4. The Morgan fingerprint density at radius 1 is 1.43 bits per heavy atom. The van der Waals surface area contributed by atoms with Gasteiger partial charge in [0.15, 0.2) is 0 Å². The molecule has 0 fully saturated rings. The fourth-order valence-corrected chi connectivity index (χ4v) is 2.06. The summed E-state index contributed by atoms with van der Waals surface area (Å²) in [5.41, 5.74) is 0.147. The Morgan fingerprint density at radius 2 is 2.13 bits per heavy atom. The molecule has 0 aliphatic heterocycles. The van der Waals surface area contributed by atoms with E-state index >= 15 is 0 Å². The maximum absolute atomic E-state index is 12.0. The van der Waals surface area contributed by atoms with Gasteiger partial charge in [0.05, 0.1) is 16.1 Å². The Kier molecular flexibility index (Phi) is 4.97. The van der Waals surface area contributed by atoms with Gasteiger partial charge < -0.3 is 5.32 Å². The standard InChI is InChI=1S/C13H10Cl2N4O4/c1-7-4-8(19(22)23)2-3-10(7)17-11(20)6-18-13(21)12(15)9(14)5-16-18/h2-5H,6H2,1H3,(H,17,20). The quantitative estimate of drug-likeness (QED) is 0.668. The lowest BCUT2D eigenvalue weighted by molar-refractivity contribution is -0.384. The first-order valence-corrected chi connectivity index (χ1v) is 7.01. The van der Waals surface area contributed by atoms with Crippen molar-refractivity contribution in [2.24, 2.45) is 0 Å². The number of hydrogen-bond donors (Lipinski definition) is 1. The summed E-state index contributed by atoms with van der Waals surface area (Å²) >= 11 is 11.3. The molecule has 8 nitrogen and oxygen atoms in total. The molecule has 23 heavy (non-hydrogen) atoms. The van der Waals surface area contributed by atoms with E-state index in [0.29, 0.717) is 11.3 Å². The minimum Gasteiger partial charge on any atom is -0.324 e. The molecular formula is C13H10Cl2N4O4. The molecule has 0 saturated carbocycles. The summed E-state index contributed by atoms with van der Waals surface area (Å²) in [6, 6.07) is 4.02. The Morgan fingerprint density at radius 3 is 2.74 bits per heavy atom. The molecule has 2 rings (SSSR count). The number of nitrogens with zero attached hydrogens (tertiary/aromatic N) is 3. The molecular weight excluding hydrogens is 347 g/mol. The van der Waals surface area contributed by atoms with Gasteiger partial charge in [-0.05, 0) is 18.6 Å². The highest BCUT2D eigenvalue weighted by Gasteiger charge is 2.13. The van der Waals surface area contributed by atoms with E-state index in [9.17, 15) is 19.7 Å². The first-order chi connectivity index (χ1) is 10.8. The number of nitro benzene ring substituents is 1. The number of carbonyl (C=O) groups is 1. The lowest BCUT2D eigenvalue weighted by Crippen LogP contribution is -2.30.